The van der Waals surface area contributed by atoms with E-state index in [4.69, 9.17) is 5.73 Å². The predicted octanol–water partition coefficient (Wildman–Crippen LogP) is 0.205. The lowest BCUT2D eigenvalue weighted by molar-refractivity contribution is 0.1000. The highest BCUT2D eigenvalue weighted by molar-refractivity contribution is 5.92. The number of nitrogens with two attached hydrogens (primary N) is 1. The van der Waals surface area contributed by atoms with Gasteiger partial charge in [-0.15, -0.1) is 0 Å². The molecule has 0 saturated carbocycles. The molecule has 0 spiro atoms. The first kappa shape index (κ1) is 13.8. The minimum Gasteiger partial charge on any atom is -0.366 e. The predicted molar refractivity (Wildman–Crippen MR) is 77.8 cm³/mol. The number of aromatic nitrogens is 4. The van der Waals surface area contributed by atoms with Crippen molar-refractivity contribution in [1.82, 2.24) is 24.5 Å². The second-order valence-corrected chi connectivity index (χ2v) is 5.51. The molecule has 0 aromatic carbocycles. The standard InChI is InChI=1S/C14H20N6O/c1-18-12(2-5-16-18)3-6-19-7-4-13(10-19)20-9-11(8-17-20)14(15)21/h2,5,8-9,13H,3-4,6-7,10H2,1H3,(H2,15,21). The maximum atomic E-state index is 11.1. The van der Waals surface area contributed by atoms with Gasteiger partial charge in [0.25, 0.3) is 5.91 Å². The van der Waals surface area contributed by atoms with E-state index < -0.39 is 5.91 Å². The molecular weight excluding hydrogens is 268 g/mol. The smallest absolute Gasteiger partial charge is 0.251 e. The lowest BCUT2D eigenvalue weighted by Gasteiger charge is -2.16. The first-order valence-electron chi connectivity index (χ1n) is 7.16. The summed E-state index contributed by atoms with van der Waals surface area (Å²) in [4.78, 5) is 13.5. The summed E-state index contributed by atoms with van der Waals surface area (Å²) in [6, 6.07) is 2.38. The molecule has 3 heterocycles. The Bertz CT molecular complexity index is 631. The van der Waals surface area contributed by atoms with Crippen molar-refractivity contribution >= 4 is 5.91 Å². The van der Waals surface area contributed by atoms with Crippen LogP contribution >= 0.6 is 0 Å². The van der Waals surface area contributed by atoms with Crippen molar-refractivity contribution in [2.24, 2.45) is 12.8 Å². The molecule has 21 heavy (non-hydrogen) atoms. The van der Waals surface area contributed by atoms with Crippen LogP contribution in [0.25, 0.3) is 0 Å². The van der Waals surface area contributed by atoms with Gasteiger partial charge in [0.15, 0.2) is 0 Å². The van der Waals surface area contributed by atoms with E-state index in [1.807, 2.05) is 22.6 Å². The summed E-state index contributed by atoms with van der Waals surface area (Å²) in [6.45, 7) is 3.02. The topological polar surface area (TPSA) is 82.0 Å². The second kappa shape index (κ2) is 5.69. The Balaban J connectivity index is 1.55. The van der Waals surface area contributed by atoms with Gasteiger partial charge in [0.1, 0.15) is 0 Å². The molecule has 2 aromatic rings. The van der Waals surface area contributed by atoms with E-state index in [1.54, 1.807) is 12.4 Å². The molecule has 2 aromatic heterocycles. The monoisotopic (exact) mass is 288 g/mol. The van der Waals surface area contributed by atoms with Crippen molar-refractivity contribution in [2.45, 2.75) is 18.9 Å². The first-order chi connectivity index (χ1) is 10.1. The van der Waals surface area contributed by atoms with Crippen LogP contribution in [-0.2, 0) is 13.5 Å². The largest absolute Gasteiger partial charge is 0.366 e. The number of amides is 1. The summed E-state index contributed by atoms with van der Waals surface area (Å²) in [6.07, 6.45) is 7.16. The van der Waals surface area contributed by atoms with Crippen LogP contribution in [0.15, 0.2) is 24.7 Å². The van der Waals surface area contributed by atoms with Gasteiger partial charge < -0.3 is 10.6 Å². The Labute approximate surface area is 123 Å². The Morgan fingerprint density at radius 3 is 3.00 bits per heavy atom. The molecule has 0 bridgehead atoms. The van der Waals surface area contributed by atoms with E-state index in [9.17, 15) is 4.79 Å². The Hall–Kier alpha value is -2.15. The van der Waals surface area contributed by atoms with Crippen LogP contribution in [0.5, 0.6) is 0 Å². The normalized spacial score (nSPS) is 19.2. The van der Waals surface area contributed by atoms with Gasteiger partial charge in [-0.05, 0) is 12.5 Å². The minimum atomic E-state index is -0.424. The molecule has 112 valence electrons. The molecule has 1 fully saturated rings. The number of nitrogens with zero attached hydrogens (tertiary/aromatic N) is 5. The number of rotatable bonds is 5. The molecule has 2 N–H and O–H groups in total. The fraction of sp³-hybridized carbons (Fsp3) is 0.500. The molecule has 0 aliphatic carbocycles. The van der Waals surface area contributed by atoms with Gasteiger partial charge in [0, 0.05) is 51.2 Å². The SMILES string of the molecule is Cn1nccc1CCN1CCC(n2cc(C(N)=O)cn2)C1. The molecule has 1 saturated heterocycles. The average molecular weight is 288 g/mol. The molecule has 7 nitrogen and oxygen atoms in total. The van der Waals surface area contributed by atoms with Crippen LogP contribution in [0.3, 0.4) is 0 Å². The summed E-state index contributed by atoms with van der Waals surface area (Å²) in [5.41, 5.74) is 6.98. The molecule has 1 aliphatic rings. The van der Waals surface area contributed by atoms with Crippen molar-refractivity contribution in [3.63, 3.8) is 0 Å². The maximum Gasteiger partial charge on any atom is 0.251 e. The van der Waals surface area contributed by atoms with E-state index >= 15 is 0 Å². The molecule has 1 aliphatic heterocycles. The lowest BCUT2D eigenvalue weighted by atomic mass is 10.2. The summed E-state index contributed by atoms with van der Waals surface area (Å²) < 4.78 is 3.78. The molecule has 7 heteroatoms. The molecule has 1 unspecified atom stereocenters. The van der Waals surface area contributed by atoms with Crippen LogP contribution in [0.2, 0.25) is 0 Å². The first-order valence-corrected chi connectivity index (χ1v) is 7.16. The summed E-state index contributed by atoms with van der Waals surface area (Å²) >= 11 is 0. The number of aryl methyl sites for hydroxylation is 1. The van der Waals surface area contributed by atoms with Gasteiger partial charge in [0.05, 0.1) is 17.8 Å². The van der Waals surface area contributed by atoms with Crippen molar-refractivity contribution in [3.8, 4) is 0 Å². The molecule has 1 atom stereocenters. The summed E-state index contributed by atoms with van der Waals surface area (Å²) in [7, 11) is 1.97. The van der Waals surface area contributed by atoms with Crippen LogP contribution in [0.1, 0.15) is 28.5 Å². The third-order valence-electron chi connectivity index (χ3n) is 4.11. The third-order valence-corrected chi connectivity index (χ3v) is 4.11. The van der Waals surface area contributed by atoms with Crippen molar-refractivity contribution in [1.29, 1.82) is 0 Å². The Morgan fingerprint density at radius 1 is 1.48 bits per heavy atom. The van der Waals surface area contributed by atoms with E-state index in [1.165, 1.54) is 5.69 Å². The highest BCUT2D eigenvalue weighted by Crippen LogP contribution is 2.21. The highest BCUT2D eigenvalue weighted by atomic mass is 16.1. The van der Waals surface area contributed by atoms with Crippen LogP contribution in [0, 0.1) is 0 Å². The zero-order valence-corrected chi connectivity index (χ0v) is 12.1. The van der Waals surface area contributed by atoms with Gasteiger partial charge in [-0.1, -0.05) is 0 Å². The number of hydrogen-bond donors (Lipinski definition) is 1. The minimum absolute atomic E-state index is 0.324. The quantitative estimate of drug-likeness (QED) is 0.852. The number of carbonyl (C=O) groups excluding carboxylic acids is 1. The van der Waals surface area contributed by atoms with Gasteiger partial charge in [0.2, 0.25) is 0 Å². The van der Waals surface area contributed by atoms with Gasteiger partial charge in [-0.25, -0.2) is 0 Å². The molecular formula is C14H20N6O. The lowest BCUT2D eigenvalue weighted by Crippen LogP contribution is -2.25. The highest BCUT2D eigenvalue weighted by Gasteiger charge is 2.24. The van der Waals surface area contributed by atoms with Crippen LogP contribution in [-0.4, -0.2) is 50.0 Å². The van der Waals surface area contributed by atoms with Crippen molar-refractivity contribution in [3.05, 3.63) is 35.9 Å². The average Bonchev–Trinajstić information content (AvgIpc) is 3.16. The van der Waals surface area contributed by atoms with E-state index in [0.717, 1.165) is 32.5 Å². The second-order valence-electron chi connectivity index (χ2n) is 5.51. The van der Waals surface area contributed by atoms with E-state index in [2.05, 4.69) is 21.2 Å². The number of carbonyl (C=O) groups is 1. The van der Waals surface area contributed by atoms with Gasteiger partial charge in [-0.2, -0.15) is 10.2 Å². The van der Waals surface area contributed by atoms with Crippen molar-refractivity contribution in [2.75, 3.05) is 19.6 Å². The Kier molecular flexibility index (Phi) is 3.74. The van der Waals surface area contributed by atoms with Crippen molar-refractivity contribution < 1.29 is 4.79 Å². The molecule has 0 radical (unpaired) electrons. The van der Waals surface area contributed by atoms with Gasteiger partial charge in [-0.3, -0.25) is 14.2 Å². The number of primary amides is 1. The number of likely N-dealkylation sites (tertiary alicyclic amines) is 1. The summed E-state index contributed by atoms with van der Waals surface area (Å²) in [5.74, 6) is -0.424. The van der Waals surface area contributed by atoms with E-state index in [0.29, 0.717) is 11.6 Å². The zero-order chi connectivity index (χ0) is 14.8. The van der Waals surface area contributed by atoms with Crippen LogP contribution in [0.4, 0.5) is 0 Å². The molecule has 1 amide bonds. The fourth-order valence-electron chi connectivity index (χ4n) is 2.82. The van der Waals surface area contributed by atoms with E-state index in [-0.39, 0.29) is 0 Å². The fourth-order valence-corrected chi connectivity index (χ4v) is 2.82. The van der Waals surface area contributed by atoms with Gasteiger partial charge >= 0.3 is 0 Å². The van der Waals surface area contributed by atoms with Crippen LogP contribution < -0.4 is 5.73 Å². The number of hydrogen-bond acceptors (Lipinski definition) is 4. The summed E-state index contributed by atoms with van der Waals surface area (Å²) in [5, 5.41) is 8.44. The maximum absolute atomic E-state index is 11.1. The third kappa shape index (κ3) is 2.97. The molecule has 3 rings (SSSR count). The zero-order valence-electron chi connectivity index (χ0n) is 12.1. The Morgan fingerprint density at radius 2 is 2.33 bits per heavy atom.